The summed E-state index contributed by atoms with van der Waals surface area (Å²) >= 11 is 0. The number of aromatic hydroxyl groups is 1. The average Bonchev–Trinajstić information content (AvgIpc) is 2.73. The van der Waals surface area contributed by atoms with Gasteiger partial charge in [-0.25, -0.2) is 4.79 Å². The van der Waals surface area contributed by atoms with Gasteiger partial charge in [-0.1, -0.05) is 30.3 Å². The highest BCUT2D eigenvalue weighted by Gasteiger charge is 2.30. The van der Waals surface area contributed by atoms with Gasteiger partial charge >= 0.3 is 11.4 Å². The minimum absolute atomic E-state index is 0.102. The molecule has 10 nitrogen and oxygen atoms in total. The Bertz CT molecular complexity index is 1290. The lowest BCUT2D eigenvalue weighted by Gasteiger charge is -2.25. The van der Waals surface area contributed by atoms with Crippen LogP contribution in [0.5, 0.6) is 11.5 Å². The third kappa shape index (κ3) is 3.20. The van der Waals surface area contributed by atoms with Crippen LogP contribution in [0.3, 0.4) is 0 Å². The van der Waals surface area contributed by atoms with Gasteiger partial charge in [-0.05, 0) is 23.3 Å². The third-order valence-electron chi connectivity index (χ3n) is 4.82. The van der Waals surface area contributed by atoms with E-state index in [-0.39, 0.29) is 17.1 Å². The maximum atomic E-state index is 12.6. The summed E-state index contributed by atoms with van der Waals surface area (Å²) in [4.78, 5) is 39.8. The van der Waals surface area contributed by atoms with Crippen molar-refractivity contribution in [3.05, 3.63) is 96.2 Å². The fourth-order valence-corrected chi connectivity index (χ4v) is 3.45. The van der Waals surface area contributed by atoms with Crippen LogP contribution < -0.4 is 21.3 Å². The molecule has 1 atom stereocenters. The summed E-state index contributed by atoms with van der Waals surface area (Å²) in [7, 11) is 1.27. The average molecular weight is 408 g/mol. The SMILES string of the molecule is COc1cc(C2C=C(c3ccccc3)Nc3[nH]c(=O)[nH]c(=O)c32)cc([N+](=O)[O-])c1O. The van der Waals surface area contributed by atoms with Crippen LogP contribution in [-0.4, -0.2) is 27.1 Å². The predicted molar refractivity (Wildman–Crippen MR) is 109 cm³/mol. The summed E-state index contributed by atoms with van der Waals surface area (Å²) < 4.78 is 5.08. The minimum atomic E-state index is -0.759. The number of H-pyrrole nitrogens is 2. The smallest absolute Gasteiger partial charge is 0.327 e. The first-order valence-electron chi connectivity index (χ1n) is 8.85. The number of aromatic nitrogens is 2. The molecule has 1 aromatic heterocycles. The van der Waals surface area contributed by atoms with Crippen molar-refractivity contribution in [3.8, 4) is 11.5 Å². The molecule has 3 aromatic rings. The van der Waals surface area contributed by atoms with Gasteiger partial charge in [0.1, 0.15) is 5.82 Å². The van der Waals surface area contributed by atoms with Crippen molar-refractivity contribution < 1.29 is 14.8 Å². The molecule has 0 aliphatic carbocycles. The molecular formula is C20H16N4O6. The largest absolute Gasteiger partial charge is 0.500 e. The fraction of sp³-hybridized carbons (Fsp3) is 0.100. The predicted octanol–water partition coefficient (Wildman–Crippen LogP) is 2.28. The summed E-state index contributed by atoms with van der Waals surface area (Å²) in [5, 5.41) is 24.5. The molecule has 0 saturated heterocycles. The van der Waals surface area contributed by atoms with Gasteiger partial charge in [0.05, 0.1) is 17.6 Å². The van der Waals surface area contributed by atoms with E-state index in [9.17, 15) is 24.8 Å². The van der Waals surface area contributed by atoms with Crippen molar-refractivity contribution in [1.29, 1.82) is 0 Å². The summed E-state index contributed by atoms with van der Waals surface area (Å²) in [5.74, 6) is -1.28. The van der Waals surface area contributed by atoms with Crippen LogP contribution in [-0.2, 0) is 0 Å². The third-order valence-corrected chi connectivity index (χ3v) is 4.82. The number of anilines is 1. The second kappa shape index (κ2) is 7.24. The first kappa shape index (κ1) is 19.0. The monoisotopic (exact) mass is 408 g/mol. The van der Waals surface area contributed by atoms with Crippen LogP contribution in [0.15, 0.2) is 58.1 Å². The van der Waals surface area contributed by atoms with Crippen LogP contribution in [0.4, 0.5) is 11.5 Å². The normalized spacial score (nSPS) is 15.0. The number of hydrogen-bond donors (Lipinski definition) is 4. The lowest BCUT2D eigenvalue weighted by molar-refractivity contribution is -0.386. The van der Waals surface area contributed by atoms with Crippen molar-refractivity contribution in [2.24, 2.45) is 0 Å². The number of fused-ring (bicyclic) bond motifs is 1. The zero-order valence-corrected chi connectivity index (χ0v) is 15.6. The Labute approximate surface area is 168 Å². The number of nitro benzene ring substituents is 1. The van der Waals surface area contributed by atoms with E-state index in [0.29, 0.717) is 11.3 Å². The van der Waals surface area contributed by atoms with Gasteiger partial charge < -0.3 is 15.2 Å². The van der Waals surface area contributed by atoms with Crippen molar-refractivity contribution in [2.75, 3.05) is 12.4 Å². The molecule has 1 aliphatic heterocycles. The van der Waals surface area contributed by atoms with Crippen LogP contribution in [0.2, 0.25) is 0 Å². The zero-order valence-electron chi connectivity index (χ0n) is 15.6. The number of nitrogens with one attached hydrogen (secondary N) is 3. The Balaban J connectivity index is 1.99. The van der Waals surface area contributed by atoms with Crippen LogP contribution in [0.25, 0.3) is 5.70 Å². The Morgan fingerprint density at radius 2 is 1.87 bits per heavy atom. The molecule has 0 spiro atoms. The molecule has 4 rings (SSSR count). The maximum Gasteiger partial charge on any atom is 0.327 e. The molecule has 1 unspecified atom stereocenters. The molecule has 1 aliphatic rings. The Kier molecular flexibility index (Phi) is 4.59. The van der Waals surface area contributed by atoms with E-state index < -0.39 is 33.5 Å². The van der Waals surface area contributed by atoms with E-state index in [4.69, 9.17) is 4.74 Å². The summed E-state index contributed by atoms with van der Waals surface area (Å²) in [6.45, 7) is 0. The highest BCUT2D eigenvalue weighted by atomic mass is 16.6. The number of aromatic amines is 2. The number of nitro groups is 1. The van der Waals surface area contributed by atoms with E-state index in [0.717, 1.165) is 5.56 Å². The molecule has 30 heavy (non-hydrogen) atoms. The number of allylic oxidation sites excluding steroid dienone is 1. The van der Waals surface area contributed by atoms with Gasteiger partial charge in [0.2, 0.25) is 5.75 Å². The van der Waals surface area contributed by atoms with Crippen molar-refractivity contribution in [3.63, 3.8) is 0 Å². The molecule has 0 saturated carbocycles. The molecule has 2 aromatic carbocycles. The van der Waals surface area contributed by atoms with E-state index >= 15 is 0 Å². The minimum Gasteiger partial charge on any atom is -0.500 e. The molecule has 10 heteroatoms. The number of ether oxygens (including phenoxy) is 1. The molecule has 0 radical (unpaired) electrons. The molecule has 0 amide bonds. The fourth-order valence-electron chi connectivity index (χ4n) is 3.45. The summed E-state index contributed by atoms with van der Waals surface area (Å²) in [6, 6.07) is 11.8. The zero-order chi connectivity index (χ0) is 21.4. The highest BCUT2D eigenvalue weighted by molar-refractivity contribution is 5.81. The van der Waals surface area contributed by atoms with Gasteiger partial charge in [-0.15, -0.1) is 0 Å². The molecule has 152 valence electrons. The van der Waals surface area contributed by atoms with E-state index in [1.807, 2.05) is 30.3 Å². The number of phenolic OH excluding ortho intramolecular Hbond substituents is 1. The number of hydrogen-bond acceptors (Lipinski definition) is 7. The van der Waals surface area contributed by atoms with Crippen molar-refractivity contribution in [2.45, 2.75) is 5.92 Å². The Morgan fingerprint density at radius 3 is 2.53 bits per heavy atom. The number of benzene rings is 2. The van der Waals surface area contributed by atoms with Crippen molar-refractivity contribution in [1.82, 2.24) is 9.97 Å². The lowest BCUT2D eigenvalue weighted by atomic mass is 9.87. The number of rotatable bonds is 4. The van der Waals surface area contributed by atoms with E-state index in [2.05, 4.69) is 15.3 Å². The van der Waals surface area contributed by atoms with Gasteiger partial charge in [-0.2, -0.15) is 0 Å². The van der Waals surface area contributed by atoms with Gasteiger partial charge in [0, 0.05) is 17.7 Å². The second-order valence-corrected chi connectivity index (χ2v) is 6.59. The second-order valence-electron chi connectivity index (χ2n) is 6.59. The van der Waals surface area contributed by atoms with Gasteiger partial charge in [0.15, 0.2) is 5.75 Å². The van der Waals surface area contributed by atoms with E-state index in [1.165, 1.54) is 19.2 Å². The molecule has 2 heterocycles. The number of methoxy groups -OCH3 is 1. The first-order valence-corrected chi connectivity index (χ1v) is 8.85. The van der Waals surface area contributed by atoms with Crippen LogP contribution in [0.1, 0.15) is 22.6 Å². The van der Waals surface area contributed by atoms with Crippen molar-refractivity contribution >= 4 is 17.2 Å². The molecule has 0 bridgehead atoms. The number of phenols is 1. The summed E-state index contributed by atoms with van der Waals surface area (Å²) in [5.41, 5.74) is 0.0257. The lowest BCUT2D eigenvalue weighted by Crippen LogP contribution is -2.31. The van der Waals surface area contributed by atoms with Gasteiger partial charge in [-0.3, -0.25) is 24.9 Å². The molecule has 0 fully saturated rings. The standard InChI is InChI=1S/C20H16N4O6/c1-30-15-8-11(7-14(17(15)25)24(28)29)12-9-13(10-5-3-2-4-6-10)21-18-16(12)19(26)23-20(27)22-18/h2-9,12,25H,1H3,(H3,21,22,23,26,27). The number of nitrogens with zero attached hydrogens (tertiary/aromatic N) is 1. The Hall–Kier alpha value is -4.34. The maximum absolute atomic E-state index is 12.6. The van der Waals surface area contributed by atoms with Crippen LogP contribution >= 0.6 is 0 Å². The Morgan fingerprint density at radius 1 is 1.13 bits per heavy atom. The molecular weight excluding hydrogens is 392 g/mol. The quantitative estimate of drug-likeness (QED) is 0.382. The van der Waals surface area contributed by atoms with Gasteiger partial charge in [0.25, 0.3) is 5.56 Å². The summed E-state index contributed by atoms with van der Waals surface area (Å²) in [6.07, 6.45) is 1.72. The van der Waals surface area contributed by atoms with E-state index in [1.54, 1.807) is 6.08 Å². The topological polar surface area (TPSA) is 150 Å². The first-order chi connectivity index (χ1) is 14.4. The van der Waals surface area contributed by atoms with Crippen LogP contribution in [0, 0.1) is 10.1 Å². The highest BCUT2D eigenvalue weighted by Crippen LogP contribution is 2.43. The molecule has 4 N–H and O–H groups in total.